The number of nitrogens with zero attached hydrogens (tertiary/aromatic N) is 1. The minimum absolute atomic E-state index is 0.0832. The third kappa shape index (κ3) is 3.75. The van der Waals surface area contributed by atoms with E-state index in [0.29, 0.717) is 11.6 Å². The molecule has 1 aromatic heterocycles. The lowest BCUT2D eigenvalue weighted by Crippen LogP contribution is -2.17. The average molecular weight is 263 g/mol. The van der Waals surface area contributed by atoms with Gasteiger partial charge in [0, 0.05) is 6.54 Å². The Balaban J connectivity index is 1.96. The highest BCUT2D eigenvalue weighted by Gasteiger charge is 2.22. The molecule has 1 aliphatic rings. The Morgan fingerprint density at radius 1 is 1.42 bits per heavy atom. The van der Waals surface area contributed by atoms with E-state index >= 15 is 0 Å². The number of nitrogens with one attached hydrogen (secondary N) is 1. The summed E-state index contributed by atoms with van der Waals surface area (Å²) in [6.07, 6.45) is 4.10. The topological polar surface area (TPSA) is 60.2 Å². The van der Waals surface area contributed by atoms with Gasteiger partial charge in [0.15, 0.2) is 0 Å². The monoisotopic (exact) mass is 263 g/mol. The van der Waals surface area contributed by atoms with Crippen LogP contribution in [0.4, 0.5) is 11.5 Å². The number of nitrogen functional groups attached to an aromatic ring is 1. The summed E-state index contributed by atoms with van der Waals surface area (Å²) in [4.78, 5) is 4.44. The zero-order valence-corrected chi connectivity index (χ0v) is 12.1. The summed E-state index contributed by atoms with van der Waals surface area (Å²) in [5.74, 6) is 2.95. The van der Waals surface area contributed by atoms with Crippen molar-refractivity contribution in [3.05, 3.63) is 12.1 Å². The van der Waals surface area contributed by atoms with Gasteiger partial charge in [-0.15, -0.1) is 0 Å². The van der Waals surface area contributed by atoms with Crippen molar-refractivity contribution in [3.63, 3.8) is 0 Å². The molecule has 1 saturated carbocycles. The number of anilines is 2. The summed E-state index contributed by atoms with van der Waals surface area (Å²) in [5, 5.41) is 3.41. The maximum Gasteiger partial charge on any atom is 0.239 e. The average Bonchev–Trinajstić information content (AvgIpc) is 2.75. The predicted molar refractivity (Wildman–Crippen MR) is 79.4 cm³/mol. The molecule has 3 N–H and O–H groups in total. The van der Waals surface area contributed by atoms with Crippen LogP contribution < -0.4 is 15.8 Å². The first-order valence-electron chi connectivity index (χ1n) is 7.23. The van der Waals surface area contributed by atoms with Gasteiger partial charge in [-0.3, -0.25) is 0 Å². The predicted octanol–water partition coefficient (Wildman–Crippen LogP) is 3.30. The number of hydrogen-bond acceptors (Lipinski definition) is 4. The molecular weight excluding hydrogens is 238 g/mol. The molecule has 4 nitrogen and oxygen atoms in total. The number of ether oxygens (including phenoxy) is 1. The molecule has 2 atom stereocenters. The fraction of sp³-hybridized carbons (Fsp3) is 0.667. The molecule has 0 saturated heterocycles. The van der Waals surface area contributed by atoms with E-state index < -0.39 is 0 Å². The molecule has 0 aromatic carbocycles. The van der Waals surface area contributed by atoms with Gasteiger partial charge in [-0.1, -0.05) is 19.8 Å². The smallest absolute Gasteiger partial charge is 0.239 e. The highest BCUT2D eigenvalue weighted by atomic mass is 16.5. The van der Waals surface area contributed by atoms with E-state index in [4.69, 9.17) is 10.5 Å². The van der Waals surface area contributed by atoms with Crippen LogP contribution in [0.2, 0.25) is 0 Å². The van der Waals surface area contributed by atoms with Crippen LogP contribution in [0.1, 0.15) is 40.0 Å². The van der Waals surface area contributed by atoms with Gasteiger partial charge < -0.3 is 15.8 Å². The van der Waals surface area contributed by atoms with Crippen LogP contribution in [0.5, 0.6) is 5.88 Å². The second kappa shape index (κ2) is 6.13. The molecule has 1 aliphatic carbocycles. The lowest BCUT2D eigenvalue weighted by molar-refractivity contribution is 0.234. The first kappa shape index (κ1) is 14.0. The maximum absolute atomic E-state index is 5.86. The summed E-state index contributed by atoms with van der Waals surface area (Å²) in [5.41, 5.74) is 6.45. The number of aromatic nitrogens is 1. The summed E-state index contributed by atoms with van der Waals surface area (Å²) in [7, 11) is 0. The number of nitrogens with two attached hydrogens (primary N) is 1. The van der Waals surface area contributed by atoms with Crippen LogP contribution in [-0.4, -0.2) is 17.6 Å². The largest absolute Gasteiger partial charge is 0.473 e. The third-order valence-corrected chi connectivity index (χ3v) is 3.82. The molecule has 2 rings (SSSR count). The minimum Gasteiger partial charge on any atom is -0.473 e. The number of hydrogen-bond donors (Lipinski definition) is 2. The first-order valence-corrected chi connectivity index (χ1v) is 7.23. The van der Waals surface area contributed by atoms with Crippen molar-refractivity contribution in [2.24, 2.45) is 11.8 Å². The van der Waals surface area contributed by atoms with E-state index in [1.165, 1.54) is 19.3 Å². The lowest BCUT2D eigenvalue weighted by atomic mass is 9.98. The van der Waals surface area contributed by atoms with Gasteiger partial charge in [0.1, 0.15) is 5.82 Å². The van der Waals surface area contributed by atoms with Crippen LogP contribution in [0.15, 0.2) is 12.1 Å². The van der Waals surface area contributed by atoms with E-state index in [0.717, 1.165) is 24.2 Å². The van der Waals surface area contributed by atoms with Crippen LogP contribution in [0.3, 0.4) is 0 Å². The normalized spacial score (nSPS) is 22.7. The fourth-order valence-corrected chi connectivity index (χ4v) is 2.63. The molecule has 106 valence electrons. The molecule has 0 bridgehead atoms. The van der Waals surface area contributed by atoms with E-state index in [1.54, 1.807) is 0 Å². The van der Waals surface area contributed by atoms with E-state index in [2.05, 4.69) is 17.2 Å². The van der Waals surface area contributed by atoms with Crippen molar-refractivity contribution >= 4 is 11.5 Å². The van der Waals surface area contributed by atoms with Crippen molar-refractivity contribution in [2.45, 2.75) is 46.1 Å². The van der Waals surface area contributed by atoms with Gasteiger partial charge in [-0.25, -0.2) is 0 Å². The van der Waals surface area contributed by atoms with Crippen LogP contribution in [-0.2, 0) is 0 Å². The zero-order valence-electron chi connectivity index (χ0n) is 12.1. The van der Waals surface area contributed by atoms with Crippen LogP contribution in [0, 0.1) is 11.8 Å². The highest BCUT2D eigenvalue weighted by molar-refractivity contribution is 5.53. The zero-order chi connectivity index (χ0) is 13.8. The van der Waals surface area contributed by atoms with E-state index in [1.807, 2.05) is 26.0 Å². The van der Waals surface area contributed by atoms with Gasteiger partial charge in [0.25, 0.3) is 0 Å². The molecule has 4 heteroatoms. The molecule has 0 spiro atoms. The van der Waals surface area contributed by atoms with Crippen molar-refractivity contribution in [1.29, 1.82) is 0 Å². The molecule has 1 aromatic rings. The molecular formula is C15H25N3O. The maximum atomic E-state index is 5.86. The highest BCUT2D eigenvalue weighted by Crippen LogP contribution is 2.31. The van der Waals surface area contributed by atoms with Gasteiger partial charge in [0.05, 0.1) is 11.8 Å². The molecule has 19 heavy (non-hydrogen) atoms. The van der Waals surface area contributed by atoms with Crippen LogP contribution >= 0.6 is 0 Å². The molecule has 0 amide bonds. The minimum atomic E-state index is 0.0832. The Kier molecular flexibility index (Phi) is 4.51. The van der Waals surface area contributed by atoms with Crippen LogP contribution in [0.25, 0.3) is 0 Å². The number of rotatable bonds is 5. The Hall–Kier alpha value is -1.45. The summed E-state index contributed by atoms with van der Waals surface area (Å²) >= 11 is 0. The Morgan fingerprint density at radius 3 is 2.84 bits per heavy atom. The van der Waals surface area contributed by atoms with E-state index in [9.17, 15) is 0 Å². The van der Waals surface area contributed by atoms with Crippen molar-refractivity contribution in [2.75, 3.05) is 17.6 Å². The van der Waals surface area contributed by atoms with Gasteiger partial charge >= 0.3 is 0 Å². The quantitative estimate of drug-likeness (QED) is 0.855. The third-order valence-electron chi connectivity index (χ3n) is 3.82. The molecule has 0 aliphatic heterocycles. The Morgan fingerprint density at radius 2 is 2.21 bits per heavy atom. The molecule has 1 fully saturated rings. The number of pyridine rings is 1. The second-order valence-electron chi connectivity index (χ2n) is 5.81. The fourth-order valence-electron chi connectivity index (χ4n) is 2.63. The first-order chi connectivity index (χ1) is 9.06. The van der Waals surface area contributed by atoms with E-state index in [-0.39, 0.29) is 6.10 Å². The van der Waals surface area contributed by atoms with Crippen molar-refractivity contribution in [3.8, 4) is 5.88 Å². The lowest BCUT2D eigenvalue weighted by Gasteiger charge is -2.17. The SMILES string of the molecule is CC(C)Oc1nc(NCC2CCCC2C)ccc1N. The second-order valence-corrected chi connectivity index (χ2v) is 5.81. The summed E-state index contributed by atoms with van der Waals surface area (Å²) in [6, 6.07) is 3.77. The summed E-state index contributed by atoms with van der Waals surface area (Å²) < 4.78 is 5.60. The van der Waals surface area contributed by atoms with Crippen molar-refractivity contribution < 1.29 is 4.74 Å². The molecule has 2 unspecified atom stereocenters. The van der Waals surface area contributed by atoms with Gasteiger partial charge in [-0.2, -0.15) is 4.98 Å². The Bertz CT molecular complexity index is 420. The van der Waals surface area contributed by atoms with Gasteiger partial charge in [0.2, 0.25) is 5.88 Å². The standard InChI is InChI=1S/C15H25N3O/c1-10(2)19-15-13(16)7-8-14(18-15)17-9-12-6-4-5-11(12)3/h7-8,10-12H,4-6,9,16H2,1-3H3,(H,17,18). The molecule has 1 heterocycles. The summed E-state index contributed by atoms with van der Waals surface area (Å²) in [6.45, 7) is 7.27. The Labute approximate surface area is 115 Å². The van der Waals surface area contributed by atoms with Gasteiger partial charge in [-0.05, 0) is 44.2 Å². The van der Waals surface area contributed by atoms with Crippen molar-refractivity contribution in [1.82, 2.24) is 4.98 Å². The molecule has 0 radical (unpaired) electrons.